The van der Waals surface area contributed by atoms with Crippen molar-refractivity contribution < 1.29 is 27.4 Å². The van der Waals surface area contributed by atoms with Crippen LogP contribution in [-0.2, 0) is 11.3 Å². The number of rotatable bonds is 4. The number of hydrogen-bond donors (Lipinski definition) is 0. The molecule has 4 nitrogen and oxygen atoms in total. The van der Waals surface area contributed by atoms with Crippen molar-refractivity contribution in [2.45, 2.75) is 12.7 Å². The van der Waals surface area contributed by atoms with Gasteiger partial charge in [0.1, 0.15) is 5.75 Å². The molecule has 0 N–H and O–H groups in total. The van der Waals surface area contributed by atoms with E-state index in [9.17, 15) is 18.0 Å². The lowest BCUT2D eigenvalue weighted by Crippen LogP contribution is -2.31. The highest BCUT2D eigenvalue weighted by molar-refractivity contribution is 5.67. The number of methoxy groups -OCH3 is 2. The van der Waals surface area contributed by atoms with Crippen LogP contribution in [0.15, 0.2) is 24.3 Å². The molecular formula is C14H14F3NO3. The molecular weight excluding hydrogens is 287 g/mol. The molecule has 0 unspecified atom stereocenters. The number of carbonyl (C=O) groups is 1. The van der Waals surface area contributed by atoms with Gasteiger partial charge in [-0.15, -0.1) is 0 Å². The van der Waals surface area contributed by atoms with Crippen LogP contribution in [0.1, 0.15) is 5.56 Å². The van der Waals surface area contributed by atoms with E-state index in [0.717, 1.165) is 17.9 Å². The second-order valence-electron chi connectivity index (χ2n) is 3.98. The van der Waals surface area contributed by atoms with E-state index < -0.39 is 12.3 Å². The Kier molecular flexibility index (Phi) is 5.91. The van der Waals surface area contributed by atoms with Crippen LogP contribution in [0.2, 0.25) is 0 Å². The van der Waals surface area contributed by atoms with Gasteiger partial charge in [-0.05, 0) is 17.7 Å². The first-order chi connectivity index (χ1) is 9.85. The molecule has 1 aromatic carbocycles. The Bertz CT molecular complexity index is 546. The summed E-state index contributed by atoms with van der Waals surface area (Å²) >= 11 is 0. The Morgan fingerprint density at radius 2 is 2.05 bits per heavy atom. The third kappa shape index (κ3) is 6.08. The maximum Gasteiger partial charge on any atom is 0.457 e. The van der Waals surface area contributed by atoms with E-state index in [1.165, 1.54) is 7.11 Å². The summed E-state index contributed by atoms with van der Waals surface area (Å²) in [6.07, 6.45) is -5.34. The van der Waals surface area contributed by atoms with Crippen LogP contribution < -0.4 is 4.74 Å². The highest BCUT2D eigenvalue weighted by atomic mass is 19.4. The molecule has 7 heteroatoms. The van der Waals surface area contributed by atoms with Crippen LogP contribution in [0.3, 0.4) is 0 Å². The van der Waals surface area contributed by atoms with E-state index >= 15 is 0 Å². The van der Waals surface area contributed by atoms with E-state index in [1.54, 1.807) is 24.3 Å². The standard InChI is InChI=1S/C14H14F3NO3/c1-20-12-6-3-5-11(9-12)10-18(13(19)21-2)8-4-7-14(15,16)17/h3,5-6,9H,8,10H2,1-2H3. The fraction of sp³-hybridized carbons (Fsp3) is 0.357. The molecule has 21 heavy (non-hydrogen) atoms. The number of carbonyl (C=O) groups excluding carboxylic acids is 1. The zero-order chi connectivity index (χ0) is 15.9. The van der Waals surface area contributed by atoms with Crippen LogP contribution in [-0.4, -0.2) is 37.9 Å². The SMILES string of the molecule is COC(=O)N(CC#CC(F)(F)F)Cc1cccc(OC)c1. The van der Waals surface area contributed by atoms with Gasteiger partial charge in [0.15, 0.2) is 0 Å². The van der Waals surface area contributed by atoms with Crippen molar-refractivity contribution in [3.8, 4) is 17.6 Å². The summed E-state index contributed by atoms with van der Waals surface area (Å²) in [6, 6.07) is 6.82. The van der Waals surface area contributed by atoms with Crippen molar-refractivity contribution in [1.82, 2.24) is 4.90 Å². The third-order valence-electron chi connectivity index (χ3n) is 2.44. The van der Waals surface area contributed by atoms with Gasteiger partial charge in [0, 0.05) is 5.92 Å². The van der Waals surface area contributed by atoms with Crippen molar-refractivity contribution in [3.63, 3.8) is 0 Å². The number of alkyl halides is 3. The monoisotopic (exact) mass is 301 g/mol. The first kappa shape index (κ1) is 16.7. The normalized spacial score (nSPS) is 10.3. The summed E-state index contributed by atoms with van der Waals surface area (Å²) in [6.45, 7) is -0.320. The largest absolute Gasteiger partial charge is 0.497 e. The number of amides is 1. The molecule has 1 aromatic rings. The Morgan fingerprint density at radius 3 is 2.62 bits per heavy atom. The van der Waals surface area contributed by atoms with Gasteiger partial charge in [0.2, 0.25) is 0 Å². The molecule has 0 aliphatic carbocycles. The molecule has 1 rings (SSSR count). The van der Waals surface area contributed by atoms with Crippen LogP contribution in [0.4, 0.5) is 18.0 Å². The maximum absolute atomic E-state index is 12.0. The van der Waals surface area contributed by atoms with E-state index in [0.29, 0.717) is 11.3 Å². The Labute approximate surface area is 120 Å². The number of benzene rings is 1. The van der Waals surface area contributed by atoms with Gasteiger partial charge in [-0.25, -0.2) is 4.79 Å². The average Bonchev–Trinajstić information content (AvgIpc) is 2.44. The molecule has 0 spiro atoms. The average molecular weight is 301 g/mol. The molecule has 0 aliphatic heterocycles. The van der Waals surface area contributed by atoms with Crippen molar-refractivity contribution in [2.75, 3.05) is 20.8 Å². The number of ether oxygens (including phenoxy) is 2. The predicted molar refractivity (Wildman–Crippen MR) is 69.6 cm³/mol. The van der Waals surface area contributed by atoms with Crippen molar-refractivity contribution in [1.29, 1.82) is 0 Å². The van der Waals surface area contributed by atoms with Gasteiger partial charge in [-0.1, -0.05) is 18.1 Å². The molecule has 114 valence electrons. The molecule has 0 saturated carbocycles. The molecule has 0 fully saturated rings. The maximum atomic E-state index is 12.0. The van der Waals surface area contributed by atoms with Crippen molar-refractivity contribution in [2.24, 2.45) is 0 Å². The summed E-state index contributed by atoms with van der Waals surface area (Å²) in [4.78, 5) is 12.6. The van der Waals surface area contributed by atoms with Crippen molar-refractivity contribution in [3.05, 3.63) is 29.8 Å². The smallest absolute Gasteiger partial charge is 0.457 e. The van der Waals surface area contributed by atoms with Crippen LogP contribution in [0, 0.1) is 11.8 Å². The lowest BCUT2D eigenvalue weighted by atomic mass is 10.2. The van der Waals surface area contributed by atoms with E-state index in [1.807, 2.05) is 5.92 Å². The van der Waals surface area contributed by atoms with Gasteiger partial charge >= 0.3 is 12.3 Å². The molecule has 0 heterocycles. The van der Waals surface area contributed by atoms with E-state index in [2.05, 4.69) is 4.74 Å². The summed E-state index contributed by atoms with van der Waals surface area (Å²) in [7, 11) is 2.64. The third-order valence-corrected chi connectivity index (χ3v) is 2.44. The second kappa shape index (κ2) is 7.43. The zero-order valence-electron chi connectivity index (χ0n) is 11.5. The molecule has 0 bridgehead atoms. The van der Waals surface area contributed by atoms with Crippen LogP contribution >= 0.6 is 0 Å². The summed E-state index contributed by atoms with van der Waals surface area (Å²) in [5.41, 5.74) is 0.688. The second-order valence-corrected chi connectivity index (χ2v) is 3.98. The molecule has 0 atom stereocenters. The Morgan fingerprint density at radius 1 is 1.33 bits per heavy atom. The number of nitrogens with zero attached hydrogens (tertiary/aromatic N) is 1. The Balaban J connectivity index is 2.82. The minimum Gasteiger partial charge on any atom is -0.497 e. The number of halogens is 3. The van der Waals surface area contributed by atoms with Gasteiger partial charge in [0.25, 0.3) is 0 Å². The Hall–Kier alpha value is -2.36. The quantitative estimate of drug-likeness (QED) is 0.803. The first-order valence-electron chi connectivity index (χ1n) is 5.88. The fourth-order valence-electron chi connectivity index (χ4n) is 1.54. The van der Waals surface area contributed by atoms with Crippen LogP contribution in [0.5, 0.6) is 5.75 Å². The summed E-state index contributed by atoms with van der Waals surface area (Å²) in [5, 5.41) is 0. The molecule has 0 saturated heterocycles. The highest BCUT2D eigenvalue weighted by Crippen LogP contribution is 2.15. The summed E-state index contributed by atoms with van der Waals surface area (Å²) < 4.78 is 45.5. The zero-order valence-corrected chi connectivity index (χ0v) is 11.5. The van der Waals surface area contributed by atoms with Gasteiger partial charge in [0.05, 0.1) is 27.3 Å². The molecule has 0 aromatic heterocycles. The molecule has 1 amide bonds. The van der Waals surface area contributed by atoms with Gasteiger partial charge in [-0.3, -0.25) is 4.90 Å². The van der Waals surface area contributed by atoms with Gasteiger partial charge < -0.3 is 9.47 Å². The predicted octanol–water partition coefficient (Wildman–Crippen LogP) is 2.83. The van der Waals surface area contributed by atoms with Crippen molar-refractivity contribution >= 4 is 6.09 Å². The summed E-state index contributed by atoms with van der Waals surface area (Å²) in [5.74, 6) is 3.61. The van der Waals surface area contributed by atoms with E-state index in [4.69, 9.17) is 4.74 Å². The molecule has 0 radical (unpaired) electrons. The topological polar surface area (TPSA) is 38.8 Å². The minimum absolute atomic E-state index is 0.0659. The number of hydrogen-bond acceptors (Lipinski definition) is 3. The lowest BCUT2D eigenvalue weighted by molar-refractivity contribution is -0.0698. The van der Waals surface area contributed by atoms with Gasteiger partial charge in [-0.2, -0.15) is 13.2 Å². The highest BCUT2D eigenvalue weighted by Gasteiger charge is 2.23. The first-order valence-corrected chi connectivity index (χ1v) is 5.88. The lowest BCUT2D eigenvalue weighted by Gasteiger charge is -2.18. The fourth-order valence-corrected chi connectivity index (χ4v) is 1.54. The molecule has 0 aliphatic rings. The van der Waals surface area contributed by atoms with Crippen LogP contribution in [0.25, 0.3) is 0 Å². The minimum atomic E-state index is -4.59. The van der Waals surface area contributed by atoms with E-state index in [-0.39, 0.29) is 13.1 Å².